The Morgan fingerprint density at radius 2 is 1.62 bits per heavy atom. The minimum Gasteiger partial charge on any atom is -0.397 e. The van der Waals surface area contributed by atoms with Crippen LogP contribution in [0.4, 0.5) is 0 Å². The molecule has 2 aromatic carbocycles. The van der Waals surface area contributed by atoms with E-state index in [-0.39, 0.29) is 16.6 Å². The minimum atomic E-state index is 0.186. The predicted molar refractivity (Wildman–Crippen MR) is 118 cm³/mol. The van der Waals surface area contributed by atoms with Gasteiger partial charge in [0.05, 0.1) is 28.2 Å². The number of rotatable bonds is 7. The first kappa shape index (κ1) is 20.2. The number of nitrogens with one attached hydrogen (secondary N) is 2. The molecule has 0 unspecified atom stereocenters. The standard InChI is InChI=1S/C22H23ClN6/c1-29-14-15(13-28-29)12-27-22(26)18(20(24)16-8-4-2-5-9-16)19(23)21(25)17-10-6-3-7-11-17/h2-11,13-14,24,27H,12,25-26H2,1H3/b21-19+,22-18-,24-20?. The molecule has 0 spiro atoms. The molecule has 6 N–H and O–H groups in total. The maximum atomic E-state index is 8.72. The third-order valence-electron chi connectivity index (χ3n) is 4.36. The molecule has 0 fully saturated rings. The Labute approximate surface area is 175 Å². The Hall–Kier alpha value is -3.51. The average molecular weight is 407 g/mol. The number of nitrogens with zero attached hydrogens (tertiary/aromatic N) is 2. The van der Waals surface area contributed by atoms with Crippen LogP contribution in [-0.4, -0.2) is 15.5 Å². The zero-order valence-electron chi connectivity index (χ0n) is 16.1. The second kappa shape index (κ2) is 9.12. The summed E-state index contributed by atoms with van der Waals surface area (Å²) >= 11 is 6.68. The van der Waals surface area contributed by atoms with E-state index in [1.165, 1.54) is 0 Å². The average Bonchev–Trinajstić information content (AvgIpc) is 3.18. The zero-order valence-corrected chi connectivity index (χ0v) is 16.8. The molecule has 29 heavy (non-hydrogen) atoms. The molecule has 0 atom stereocenters. The topological polar surface area (TPSA) is 106 Å². The molecule has 1 heterocycles. The van der Waals surface area contributed by atoms with E-state index in [9.17, 15) is 0 Å². The predicted octanol–water partition coefficient (Wildman–Crippen LogP) is 3.31. The molecule has 0 amide bonds. The van der Waals surface area contributed by atoms with Gasteiger partial charge in [-0.1, -0.05) is 72.3 Å². The minimum absolute atomic E-state index is 0.186. The number of aryl methyl sites for hydroxylation is 1. The molecular weight excluding hydrogens is 384 g/mol. The zero-order chi connectivity index (χ0) is 20.8. The van der Waals surface area contributed by atoms with Crippen LogP contribution >= 0.6 is 11.6 Å². The van der Waals surface area contributed by atoms with Crippen LogP contribution in [0.25, 0.3) is 5.70 Å². The largest absolute Gasteiger partial charge is 0.397 e. The van der Waals surface area contributed by atoms with Crippen molar-refractivity contribution in [3.63, 3.8) is 0 Å². The first-order valence-corrected chi connectivity index (χ1v) is 9.41. The summed E-state index contributed by atoms with van der Waals surface area (Å²) in [6.07, 6.45) is 3.64. The SMILES string of the molecule is Cn1cc(CN/C(N)=C(C(=N)c2ccccc2)/C(Cl)=C(\N)c2ccccc2)cn1. The number of halogens is 1. The number of hydrogen-bond acceptors (Lipinski definition) is 5. The molecule has 1 aromatic heterocycles. The molecule has 0 aliphatic rings. The molecular formula is C22H23ClN6. The van der Waals surface area contributed by atoms with Gasteiger partial charge >= 0.3 is 0 Å². The van der Waals surface area contributed by atoms with Crippen molar-refractivity contribution in [1.29, 1.82) is 5.41 Å². The fourth-order valence-electron chi connectivity index (χ4n) is 2.84. The van der Waals surface area contributed by atoms with Crippen molar-refractivity contribution in [2.75, 3.05) is 0 Å². The fraction of sp³-hybridized carbons (Fsp3) is 0.0909. The van der Waals surface area contributed by atoms with Gasteiger partial charge in [-0.3, -0.25) is 10.1 Å². The maximum Gasteiger partial charge on any atom is 0.108 e. The first-order valence-electron chi connectivity index (χ1n) is 9.04. The van der Waals surface area contributed by atoms with Gasteiger partial charge < -0.3 is 16.8 Å². The molecule has 0 aliphatic heterocycles. The third-order valence-corrected chi connectivity index (χ3v) is 4.76. The van der Waals surface area contributed by atoms with Crippen LogP contribution in [-0.2, 0) is 13.6 Å². The van der Waals surface area contributed by atoms with E-state index in [0.29, 0.717) is 23.4 Å². The van der Waals surface area contributed by atoms with E-state index in [1.807, 2.05) is 73.9 Å². The van der Waals surface area contributed by atoms with Gasteiger partial charge in [0.15, 0.2) is 0 Å². The van der Waals surface area contributed by atoms with E-state index in [1.54, 1.807) is 10.9 Å². The van der Waals surface area contributed by atoms with Crippen molar-refractivity contribution in [2.45, 2.75) is 6.54 Å². The van der Waals surface area contributed by atoms with Crippen LogP contribution in [0.3, 0.4) is 0 Å². The van der Waals surface area contributed by atoms with Crippen molar-refractivity contribution in [1.82, 2.24) is 15.1 Å². The van der Waals surface area contributed by atoms with Crippen LogP contribution in [0.5, 0.6) is 0 Å². The van der Waals surface area contributed by atoms with Gasteiger partial charge in [-0.05, 0) is 5.56 Å². The second-order valence-electron chi connectivity index (χ2n) is 6.50. The highest BCUT2D eigenvalue weighted by Crippen LogP contribution is 2.27. The normalized spacial score (nSPS) is 12.8. The van der Waals surface area contributed by atoms with Gasteiger partial charge in [0, 0.05) is 30.9 Å². The van der Waals surface area contributed by atoms with Gasteiger partial charge in [0.25, 0.3) is 0 Å². The van der Waals surface area contributed by atoms with E-state index >= 15 is 0 Å². The van der Waals surface area contributed by atoms with Crippen molar-refractivity contribution in [2.24, 2.45) is 18.5 Å². The number of aromatic nitrogens is 2. The van der Waals surface area contributed by atoms with Crippen molar-refractivity contribution < 1.29 is 0 Å². The van der Waals surface area contributed by atoms with Gasteiger partial charge in [0.1, 0.15) is 5.82 Å². The lowest BCUT2D eigenvalue weighted by atomic mass is 9.99. The lowest BCUT2D eigenvalue weighted by molar-refractivity contribution is 0.762. The summed E-state index contributed by atoms with van der Waals surface area (Å²) in [5.74, 6) is 0.270. The lowest BCUT2D eigenvalue weighted by Crippen LogP contribution is -2.25. The highest BCUT2D eigenvalue weighted by molar-refractivity contribution is 6.39. The summed E-state index contributed by atoms with van der Waals surface area (Å²) in [5, 5.41) is 16.2. The van der Waals surface area contributed by atoms with Gasteiger partial charge in [-0.15, -0.1) is 0 Å². The molecule has 3 aromatic rings. The second-order valence-corrected chi connectivity index (χ2v) is 6.88. The smallest absolute Gasteiger partial charge is 0.108 e. The molecule has 148 valence electrons. The molecule has 0 aliphatic carbocycles. The molecule has 0 bridgehead atoms. The van der Waals surface area contributed by atoms with Crippen LogP contribution in [0.1, 0.15) is 16.7 Å². The van der Waals surface area contributed by atoms with Crippen molar-refractivity contribution in [3.05, 3.63) is 106 Å². The highest BCUT2D eigenvalue weighted by Gasteiger charge is 2.19. The van der Waals surface area contributed by atoms with E-state index in [0.717, 1.165) is 11.1 Å². The lowest BCUT2D eigenvalue weighted by Gasteiger charge is -2.16. The monoisotopic (exact) mass is 406 g/mol. The molecule has 7 heteroatoms. The highest BCUT2D eigenvalue weighted by atomic mass is 35.5. The van der Waals surface area contributed by atoms with Crippen LogP contribution in [0.2, 0.25) is 0 Å². The van der Waals surface area contributed by atoms with Gasteiger partial charge in [-0.2, -0.15) is 5.10 Å². The Balaban J connectivity index is 2.02. The Morgan fingerprint density at radius 3 is 2.17 bits per heavy atom. The maximum absolute atomic E-state index is 8.72. The molecule has 3 rings (SSSR count). The van der Waals surface area contributed by atoms with E-state index in [2.05, 4.69) is 10.4 Å². The third kappa shape index (κ3) is 4.86. The number of nitrogens with two attached hydrogens (primary N) is 2. The Kier molecular flexibility index (Phi) is 6.36. The molecule has 0 saturated heterocycles. The summed E-state index contributed by atoms with van der Waals surface area (Å²) in [6, 6.07) is 18.7. The fourth-order valence-corrected chi connectivity index (χ4v) is 3.15. The van der Waals surface area contributed by atoms with Crippen LogP contribution < -0.4 is 16.8 Å². The quantitative estimate of drug-likeness (QED) is 0.356. The number of allylic oxidation sites excluding steroid dienone is 2. The summed E-state index contributed by atoms with van der Waals surface area (Å²) in [6.45, 7) is 0.445. The summed E-state index contributed by atoms with van der Waals surface area (Å²) in [5.41, 5.74) is 16.0. The molecule has 0 radical (unpaired) electrons. The van der Waals surface area contributed by atoms with Crippen molar-refractivity contribution >= 4 is 23.0 Å². The Bertz CT molecular complexity index is 1050. The summed E-state index contributed by atoms with van der Waals surface area (Å²) in [7, 11) is 1.85. The summed E-state index contributed by atoms with van der Waals surface area (Å²) in [4.78, 5) is 0. The van der Waals surface area contributed by atoms with Crippen LogP contribution in [0.15, 0.2) is 89.5 Å². The number of benzene rings is 2. The van der Waals surface area contributed by atoms with Gasteiger partial charge in [-0.25, -0.2) is 0 Å². The molecule has 6 nitrogen and oxygen atoms in total. The van der Waals surface area contributed by atoms with Crippen LogP contribution in [0, 0.1) is 5.41 Å². The first-order chi connectivity index (χ1) is 14.0. The molecule has 0 saturated carbocycles. The van der Waals surface area contributed by atoms with E-state index < -0.39 is 0 Å². The summed E-state index contributed by atoms with van der Waals surface area (Å²) < 4.78 is 1.71. The van der Waals surface area contributed by atoms with Gasteiger partial charge in [0.2, 0.25) is 0 Å². The number of hydrogen-bond donors (Lipinski definition) is 4. The van der Waals surface area contributed by atoms with Crippen molar-refractivity contribution in [3.8, 4) is 0 Å². The Morgan fingerprint density at radius 1 is 1.03 bits per heavy atom. The van der Waals surface area contributed by atoms with E-state index in [4.69, 9.17) is 28.5 Å².